The maximum Gasteiger partial charge on any atom is 0.409 e. The van der Waals surface area contributed by atoms with Crippen LogP contribution in [0.5, 0.6) is 0 Å². The summed E-state index contributed by atoms with van der Waals surface area (Å²) in [7, 11) is 0. The van der Waals surface area contributed by atoms with Gasteiger partial charge in [0.15, 0.2) is 0 Å². The van der Waals surface area contributed by atoms with E-state index in [1.807, 2.05) is 92.7 Å². The maximum absolute atomic E-state index is 12.2. The largest absolute Gasteiger partial charge is 0.445 e. The monoisotopic (exact) mass is 375 g/mol. The molecule has 0 radical (unpaired) electrons. The lowest BCUT2D eigenvalue weighted by Crippen LogP contribution is -2.39. The molecule has 28 heavy (non-hydrogen) atoms. The number of aliphatic hydroxyl groups is 1. The van der Waals surface area contributed by atoms with Crippen LogP contribution in [-0.4, -0.2) is 17.4 Å². The summed E-state index contributed by atoms with van der Waals surface area (Å²) in [5.41, 5.74) is 4.94. The molecule has 4 nitrogen and oxygen atoms in total. The lowest BCUT2D eigenvalue weighted by atomic mass is 9.88. The van der Waals surface area contributed by atoms with E-state index in [1.54, 1.807) is 0 Å². The number of carbonyl (C=O) groups excluding carboxylic acids is 1. The number of nitrogens with one attached hydrogen (secondary N) is 1. The summed E-state index contributed by atoms with van der Waals surface area (Å²) >= 11 is 0. The molecule has 0 aliphatic rings. The van der Waals surface area contributed by atoms with Crippen LogP contribution >= 0.6 is 0 Å². The van der Waals surface area contributed by atoms with Crippen LogP contribution in [0.4, 0.5) is 4.79 Å². The highest BCUT2D eigenvalue weighted by Gasteiger charge is 2.25. The fourth-order valence-electron chi connectivity index (χ4n) is 3.25. The van der Waals surface area contributed by atoms with Crippen molar-refractivity contribution in [3.05, 3.63) is 107 Å². The highest BCUT2D eigenvalue weighted by molar-refractivity contribution is 5.67. The van der Waals surface area contributed by atoms with E-state index in [1.165, 1.54) is 0 Å². The van der Waals surface area contributed by atoms with E-state index < -0.39 is 18.2 Å². The first-order chi connectivity index (χ1) is 13.5. The van der Waals surface area contributed by atoms with Crippen LogP contribution in [0.3, 0.4) is 0 Å². The molecule has 0 saturated heterocycles. The van der Waals surface area contributed by atoms with Crippen molar-refractivity contribution in [2.45, 2.75) is 32.6 Å². The number of benzene rings is 3. The normalized spacial score (nSPS) is 11.9. The fourth-order valence-corrected chi connectivity index (χ4v) is 3.25. The van der Waals surface area contributed by atoms with E-state index in [0.29, 0.717) is 0 Å². The minimum absolute atomic E-state index is 0.152. The van der Waals surface area contributed by atoms with Gasteiger partial charge in [-0.25, -0.2) is 4.79 Å². The van der Waals surface area contributed by atoms with Crippen molar-refractivity contribution in [2.24, 2.45) is 0 Å². The molecule has 3 aromatic carbocycles. The van der Waals surface area contributed by atoms with Gasteiger partial charge in [-0.05, 0) is 30.5 Å². The van der Waals surface area contributed by atoms with Crippen LogP contribution in [0.25, 0.3) is 0 Å². The number of amides is 1. The average Bonchev–Trinajstić information content (AvgIpc) is 2.67. The molecule has 1 atom stereocenters. The van der Waals surface area contributed by atoms with E-state index in [0.717, 1.165) is 27.8 Å². The van der Waals surface area contributed by atoms with E-state index >= 15 is 0 Å². The number of alkyl carbamates (subject to hydrolysis) is 1. The van der Waals surface area contributed by atoms with E-state index in [9.17, 15) is 9.90 Å². The Morgan fingerprint density at radius 1 is 0.893 bits per heavy atom. The standard InChI is InChI=1S/C24H25NO3/c1-17-8-6-12-20(14-17)22(21-13-7-9-18(2)15-21)23(26)25-24(27)28-16-19-10-4-3-5-11-19/h3-15,22-23,26H,16H2,1-2H3,(H,25,27). The van der Waals surface area contributed by atoms with Crippen LogP contribution in [-0.2, 0) is 11.3 Å². The predicted octanol–water partition coefficient (Wildman–Crippen LogP) is 4.68. The topological polar surface area (TPSA) is 58.6 Å². The second-order valence-corrected chi connectivity index (χ2v) is 6.96. The molecule has 1 unspecified atom stereocenters. The van der Waals surface area contributed by atoms with Crippen molar-refractivity contribution in [1.82, 2.24) is 5.32 Å². The molecule has 3 aromatic rings. The minimum atomic E-state index is -1.12. The van der Waals surface area contributed by atoms with Crippen molar-refractivity contribution in [1.29, 1.82) is 0 Å². The molecule has 1 amide bonds. The Balaban J connectivity index is 1.76. The number of hydrogen-bond acceptors (Lipinski definition) is 3. The molecule has 0 fully saturated rings. The maximum atomic E-state index is 12.2. The van der Waals surface area contributed by atoms with E-state index in [-0.39, 0.29) is 6.61 Å². The van der Waals surface area contributed by atoms with Crippen LogP contribution in [0.1, 0.15) is 33.7 Å². The Hall–Kier alpha value is -3.11. The summed E-state index contributed by atoms with van der Waals surface area (Å²) in [6, 6.07) is 25.3. The molecule has 4 heteroatoms. The Kier molecular flexibility index (Phi) is 6.45. The Morgan fingerprint density at radius 3 is 2.00 bits per heavy atom. The van der Waals surface area contributed by atoms with Gasteiger partial charge in [-0.3, -0.25) is 5.32 Å². The van der Waals surface area contributed by atoms with Crippen molar-refractivity contribution in [3.8, 4) is 0 Å². The molecule has 0 bridgehead atoms. The Morgan fingerprint density at radius 2 is 1.46 bits per heavy atom. The molecule has 144 valence electrons. The molecule has 0 aliphatic heterocycles. The van der Waals surface area contributed by atoms with Gasteiger partial charge in [0, 0.05) is 0 Å². The zero-order valence-corrected chi connectivity index (χ0v) is 16.1. The third-order valence-electron chi connectivity index (χ3n) is 4.60. The zero-order chi connectivity index (χ0) is 19.9. The summed E-state index contributed by atoms with van der Waals surface area (Å²) in [6.45, 7) is 4.16. The van der Waals surface area contributed by atoms with Crippen LogP contribution < -0.4 is 5.32 Å². The SMILES string of the molecule is Cc1cccc(C(c2cccc(C)c2)C(O)NC(=O)OCc2ccccc2)c1. The van der Waals surface area contributed by atoms with Crippen molar-refractivity contribution in [2.75, 3.05) is 0 Å². The molecule has 0 heterocycles. The molecule has 0 saturated carbocycles. The number of carbonyl (C=O) groups is 1. The highest BCUT2D eigenvalue weighted by atomic mass is 16.6. The molecule has 2 N–H and O–H groups in total. The first-order valence-electron chi connectivity index (χ1n) is 9.31. The van der Waals surface area contributed by atoms with Gasteiger partial charge in [-0.15, -0.1) is 0 Å². The fraction of sp³-hybridized carbons (Fsp3) is 0.208. The smallest absolute Gasteiger partial charge is 0.409 e. The van der Waals surface area contributed by atoms with Gasteiger partial charge in [0.25, 0.3) is 0 Å². The Bertz CT molecular complexity index is 878. The zero-order valence-electron chi connectivity index (χ0n) is 16.1. The molecule has 0 spiro atoms. The van der Waals surface area contributed by atoms with Crippen LogP contribution in [0.15, 0.2) is 78.9 Å². The molecule has 0 aliphatic carbocycles. The summed E-state index contributed by atoms with van der Waals surface area (Å²) in [4.78, 5) is 12.2. The number of aliphatic hydroxyl groups excluding tert-OH is 1. The summed E-state index contributed by atoms with van der Waals surface area (Å²) in [6.07, 6.45) is -1.77. The molecule has 0 aromatic heterocycles. The Labute approximate surface area is 165 Å². The van der Waals surface area contributed by atoms with Gasteiger partial charge in [-0.1, -0.05) is 90.0 Å². The van der Waals surface area contributed by atoms with Crippen LogP contribution in [0.2, 0.25) is 0 Å². The van der Waals surface area contributed by atoms with E-state index in [4.69, 9.17) is 4.74 Å². The summed E-state index contributed by atoms with van der Waals surface area (Å²) in [5.74, 6) is -0.399. The lowest BCUT2D eigenvalue weighted by Gasteiger charge is -2.25. The first-order valence-corrected chi connectivity index (χ1v) is 9.31. The second-order valence-electron chi connectivity index (χ2n) is 6.96. The third kappa shape index (κ3) is 5.21. The number of hydrogen-bond donors (Lipinski definition) is 2. The number of aryl methyl sites for hydroxylation is 2. The quantitative estimate of drug-likeness (QED) is 0.615. The van der Waals surface area contributed by atoms with Crippen molar-refractivity contribution in [3.63, 3.8) is 0 Å². The molecular weight excluding hydrogens is 350 g/mol. The molecule has 3 rings (SSSR count). The van der Waals surface area contributed by atoms with Gasteiger partial charge in [0.1, 0.15) is 12.8 Å². The second kappa shape index (κ2) is 9.20. The van der Waals surface area contributed by atoms with Crippen LogP contribution in [0, 0.1) is 13.8 Å². The number of ether oxygens (including phenoxy) is 1. The average molecular weight is 375 g/mol. The number of rotatable bonds is 6. The van der Waals surface area contributed by atoms with Gasteiger partial charge in [-0.2, -0.15) is 0 Å². The summed E-state index contributed by atoms with van der Waals surface area (Å²) in [5, 5.41) is 13.4. The van der Waals surface area contributed by atoms with Gasteiger partial charge < -0.3 is 9.84 Å². The predicted molar refractivity (Wildman–Crippen MR) is 110 cm³/mol. The van der Waals surface area contributed by atoms with Crippen molar-refractivity contribution >= 4 is 6.09 Å². The van der Waals surface area contributed by atoms with Crippen molar-refractivity contribution < 1.29 is 14.6 Å². The lowest BCUT2D eigenvalue weighted by molar-refractivity contribution is 0.0866. The van der Waals surface area contributed by atoms with Gasteiger partial charge >= 0.3 is 6.09 Å². The third-order valence-corrected chi connectivity index (χ3v) is 4.60. The van der Waals surface area contributed by atoms with Gasteiger partial charge in [0.2, 0.25) is 0 Å². The minimum Gasteiger partial charge on any atom is -0.445 e. The van der Waals surface area contributed by atoms with E-state index in [2.05, 4.69) is 5.32 Å². The highest BCUT2D eigenvalue weighted by Crippen LogP contribution is 2.28. The first kappa shape index (κ1) is 19.6. The molecular formula is C24H25NO3. The van der Waals surface area contributed by atoms with Gasteiger partial charge in [0.05, 0.1) is 5.92 Å². The summed E-state index contributed by atoms with van der Waals surface area (Å²) < 4.78 is 5.26.